The normalized spacial score (nSPS) is 17.7. The topological polar surface area (TPSA) is 95.0 Å². The minimum Gasteiger partial charge on any atom is -0.478 e. The van der Waals surface area contributed by atoms with Crippen molar-refractivity contribution in [2.45, 2.75) is 19.3 Å². The second-order valence-electron chi connectivity index (χ2n) is 8.51. The van der Waals surface area contributed by atoms with Gasteiger partial charge in [-0.1, -0.05) is 23.7 Å². The SMILES string of the molecule is O=C(Nc1cnc(N2CCC(CCN3CCOCC3)CC2)c(C(=O)O)c1)c1ccccc1Cl. The summed E-state index contributed by atoms with van der Waals surface area (Å²) in [6, 6.07) is 8.16. The van der Waals surface area contributed by atoms with Crippen molar-refractivity contribution >= 4 is 35.0 Å². The van der Waals surface area contributed by atoms with Crippen molar-refractivity contribution in [2.75, 3.05) is 56.2 Å². The number of aromatic nitrogens is 1. The summed E-state index contributed by atoms with van der Waals surface area (Å²) in [5.74, 6) is -0.398. The van der Waals surface area contributed by atoms with Crippen LogP contribution in [-0.2, 0) is 4.74 Å². The molecule has 2 aliphatic heterocycles. The summed E-state index contributed by atoms with van der Waals surface area (Å²) in [6.07, 6.45) is 4.67. The van der Waals surface area contributed by atoms with Crippen LogP contribution in [0.1, 0.15) is 40.0 Å². The molecule has 176 valence electrons. The summed E-state index contributed by atoms with van der Waals surface area (Å²) in [5, 5.41) is 12.8. The Balaban J connectivity index is 1.37. The number of morpholine rings is 1. The number of halogens is 1. The Morgan fingerprint density at radius 3 is 2.55 bits per heavy atom. The molecule has 0 atom stereocenters. The zero-order valence-electron chi connectivity index (χ0n) is 18.5. The molecule has 33 heavy (non-hydrogen) atoms. The number of nitrogens with zero attached hydrogens (tertiary/aromatic N) is 3. The molecular weight excluding hydrogens is 444 g/mol. The van der Waals surface area contributed by atoms with E-state index >= 15 is 0 Å². The monoisotopic (exact) mass is 472 g/mol. The number of pyridine rings is 1. The summed E-state index contributed by atoms with van der Waals surface area (Å²) in [6.45, 7) is 6.27. The van der Waals surface area contributed by atoms with E-state index in [1.54, 1.807) is 24.3 Å². The van der Waals surface area contributed by atoms with Gasteiger partial charge in [0, 0.05) is 26.2 Å². The van der Waals surface area contributed by atoms with Gasteiger partial charge in [0.05, 0.1) is 35.7 Å². The lowest BCUT2D eigenvalue weighted by Crippen LogP contribution is -2.39. The number of carboxylic acids is 1. The second-order valence-corrected chi connectivity index (χ2v) is 8.91. The molecule has 4 rings (SSSR count). The lowest BCUT2D eigenvalue weighted by Gasteiger charge is -2.35. The number of anilines is 2. The van der Waals surface area contributed by atoms with Crippen LogP contribution in [0.3, 0.4) is 0 Å². The number of rotatable bonds is 7. The Hall–Kier alpha value is -2.68. The number of carbonyl (C=O) groups excluding carboxylic acids is 1. The highest BCUT2D eigenvalue weighted by molar-refractivity contribution is 6.34. The van der Waals surface area contributed by atoms with Gasteiger partial charge in [0.2, 0.25) is 0 Å². The fourth-order valence-corrected chi connectivity index (χ4v) is 4.62. The van der Waals surface area contributed by atoms with Gasteiger partial charge < -0.3 is 20.1 Å². The van der Waals surface area contributed by atoms with Crippen molar-refractivity contribution < 1.29 is 19.4 Å². The van der Waals surface area contributed by atoms with Crippen molar-refractivity contribution in [3.05, 3.63) is 52.7 Å². The van der Waals surface area contributed by atoms with Crippen LogP contribution in [0.2, 0.25) is 5.02 Å². The van der Waals surface area contributed by atoms with Crippen molar-refractivity contribution in [3.63, 3.8) is 0 Å². The molecule has 1 aromatic heterocycles. The quantitative estimate of drug-likeness (QED) is 0.635. The van der Waals surface area contributed by atoms with Crippen LogP contribution in [-0.4, -0.2) is 72.8 Å². The Labute approximate surface area is 198 Å². The van der Waals surface area contributed by atoms with Gasteiger partial charge in [-0.15, -0.1) is 0 Å². The number of carboxylic acid groups (broad SMARTS) is 1. The number of aromatic carboxylic acids is 1. The molecule has 0 spiro atoms. The molecule has 3 heterocycles. The highest BCUT2D eigenvalue weighted by Gasteiger charge is 2.25. The Morgan fingerprint density at radius 2 is 1.85 bits per heavy atom. The van der Waals surface area contributed by atoms with Crippen LogP contribution in [0, 0.1) is 5.92 Å². The minimum atomic E-state index is -1.07. The number of amides is 1. The third-order valence-electron chi connectivity index (χ3n) is 6.34. The van der Waals surface area contributed by atoms with Crippen molar-refractivity contribution in [3.8, 4) is 0 Å². The molecule has 0 unspecified atom stereocenters. The first kappa shape index (κ1) is 23.5. The molecule has 1 amide bonds. The molecule has 8 nitrogen and oxygen atoms in total. The zero-order chi connectivity index (χ0) is 23.2. The Bertz CT molecular complexity index is 988. The fraction of sp³-hybridized carbons (Fsp3) is 0.458. The van der Waals surface area contributed by atoms with E-state index in [0.717, 1.165) is 65.2 Å². The van der Waals surface area contributed by atoms with Crippen LogP contribution < -0.4 is 10.2 Å². The number of benzene rings is 1. The molecular formula is C24H29ClN4O4. The average Bonchev–Trinajstić information content (AvgIpc) is 2.84. The first-order valence-electron chi connectivity index (χ1n) is 11.4. The lowest BCUT2D eigenvalue weighted by atomic mass is 9.93. The number of piperidine rings is 1. The lowest BCUT2D eigenvalue weighted by molar-refractivity contribution is 0.0349. The molecule has 2 aliphatic rings. The third kappa shape index (κ3) is 6.01. The molecule has 2 N–H and O–H groups in total. The molecule has 0 saturated carbocycles. The number of nitrogens with one attached hydrogen (secondary N) is 1. The summed E-state index contributed by atoms with van der Waals surface area (Å²) >= 11 is 6.09. The predicted molar refractivity (Wildman–Crippen MR) is 127 cm³/mol. The van der Waals surface area contributed by atoms with Crippen molar-refractivity contribution in [2.24, 2.45) is 5.92 Å². The Kier molecular flexibility index (Phi) is 7.80. The molecule has 1 aromatic carbocycles. The largest absolute Gasteiger partial charge is 0.478 e. The van der Waals surface area contributed by atoms with Crippen LogP contribution in [0.15, 0.2) is 36.5 Å². The van der Waals surface area contributed by atoms with E-state index in [2.05, 4.69) is 15.2 Å². The molecule has 0 radical (unpaired) electrons. The van der Waals surface area contributed by atoms with Crippen molar-refractivity contribution in [1.29, 1.82) is 0 Å². The third-order valence-corrected chi connectivity index (χ3v) is 6.67. The number of carbonyl (C=O) groups is 2. The second kappa shape index (κ2) is 11.0. The summed E-state index contributed by atoms with van der Waals surface area (Å²) in [7, 11) is 0. The first-order valence-corrected chi connectivity index (χ1v) is 11.7. The van der Waals surface area contributed by atoms with E-state index in [1.165, 1.54) is 12.3 Å². The summed E-state index contributed by atoms with van der Waals surface area (Å²) < 4.78 is 5.41. The van der Waals surface area contributed by atoms with Crippen LogP contribution in [0.4, 0.5) is 11.5 Å². The molecule has 9 heteroatoms. The van der Waals surface area contributed by atoms with E-state index < -0.39 is 11.9 Å². The van der Waals surface area contributed by atoms with Gasteiger partial charge in [-0.3, -0.25) is 9.69 Å². The highest BCUT2D eigenvalue weighted by Crippen LogP contribution is 2.28. The van der Waals surface area contributed by atoms with E-state index in [4.69, 9.17) is 16.3 Å². The summed E-state index contributed by atoms with van der Waals surface area (Å²) in [5.41, 5.74) is 0.722. The Morgan fingerprint density at radius 1 is 1.12 bits per heavy atom. The average molecular weight is 473 g/mol. The highest BCUT2D eigenvalue weighted by atomic mass is 35.5. The number of hydrogen-bond donors (Lipinski definition) is 2. The van der Waals surface area contributed by atoms with Gasteiger partial charge in [-0.25, -0.2) is 9.78 Å². The minimum absolute atomic E-state index is 0.0822. The van der Waals surface area contributed by atoms with E-state index in [0.29, 0.717) is 28.0 Å². The molecule has 0 aliphatic carbocycles. The van der Waals surface area contributed by atoms with Gasteiger partial charge in [0.25, 0.3) is 5.91 Å². The van der Waals surface area contributed by atoms with Crippen LogP contribution in [0.25, 0.3) is 0 Å². The summed E-state index contributed by atoms with van der Waals surface area (Å²) in [4.78, 5) is 33.4. The number of hydrogen-bond acceptors (Lipinski definition) is 6. The van der Waals surface area contributed by atoms with Gasteiger partial charge in [-0.2, -0.15) is 0 Å². The number of ether oxygens (including phenoxy) is 1. The molecule has 2 fully saturated rings. The van der Waals surface area contributed by atoms with Gasteiger partial charge >= 0.3 is 5.97 Å². The smallest absolute Gasteiger partial charge is 0.339 e. The van der Waals surface area contributed by atoms with E-state index in [1.807, 2.05) is 4.90 Å². The standard InChI is InChI=1S/C24H29ClN4O4/c25-21-4-2-1-3-19(21)23(30)27-18-15-20(24(31)32)22(26-16-18)29-9-6-17(7-10-29)5-8-28-11-13-33-14-12-28/h1-4,15-17H,5-14H2,(H,27,30)(H,31,32). The first-order chi connectivity index (χ1) is 16.0. The zero-order valence-corrected chi connectivity index (χ0v) is 19.3. The maximum absolute atomic E-state index is 12.5. The maximum atomic E-state index is 12.5. The molecule has 2 aromatic rings. The predicted octanol–water partition coefficient (Wildman–Crippen LogP) is 3.62. The van der Waals surface area contributed by atoms with E-state index in [9.17, 15) is 14.7 Å². The van der Waals surface area contributed by atoms with Gasteiger partial charge in [0.1, 0.15) is 11.4 Å². The van der Waals surface area contributed by atoms with Crippen molar-refractivity contribution in [1.82, 2.24) is 9.88 Å². The van der Waals surface area contributed by atoms with Gasteiger partial charge in [0.15, 0.2) is 0 Å². The molecule has 2 saturated heterocycles. The van der Waals surface area contributed by atoms with E-state index in [-0.39, 0.29) is 5.56 Å². The fourth-order valence-electron chi connectivity index (χ4n) is 4.40. The van der Waals surface area contributed by atoms with Gasteiger partial charge in [-0.05, 0) is 49.9 Å². The molecule has 0 bridgehead atoms. The maximum Gasteiger partial charge on any atom is 0.339 e. The van der Waals surface area contributed by atoms with Crippen LogP contribution in [0.5, 0.6) is 0 Å². The van der Waals surface area contributed by atoms with Crippen LogP contribution >= 0.6 is 11.6 Å².